The fourth-order valence-electron chi connectivity index (χ4n) is 0.947. The maximum Gasteiger partial charge on any atom is 0.335 e. The van der Waals surface area contributed by atoms with Gasteiger partial charge in [-0.3, -0.25) is 0 Å². The van der Waals surface area contributed by atoms with Crippen LogP contribution in [0.3, 0.4) is 0 Å². The lowest BCUT2D eigenvalue weighted by molar-refractivity contribution is 0.0696. The Bertz CT molecular complexity index is 290. The van der Waals surface area contributed by atoms with Gasteiger partial charge < -0.3 is 5.11 Å². The van der Waals surface area contributed by atoms with E-state index in [1.165, 1.54) is 6.07 Å². The van der Waals surface area contributed by atoms with E-state index in [0.717, 1.165) is 5.56 Å². The minimum absolute atomic E-state index is 0.307. The summed E-state index contributed by atoms with van der Waals surface area (Å²) in [5.74, 6) is -0.547. The summed E-state index contributed by atoms with van der Waals surface area (Å²) in [5.41, 5.74) is 1.32. The molecule has 1 radical (unpaired) electrons. The van der Waals surface area contributed by atoms with Crippen molar-refractivity contribution < 1.29 is 9.90 Å². The molecule has 12 heavy (non-hydrogen) atoms. The van der Waals surface area contributed by atoms with Crippen molar-refractivity contribution >= 4 is 5.97 Å². The van der Waals surface area contributed by atoms with Gasteiger partial charge in [-0.1, -0.05) is 19.9 Å². The summed E-state index contributed by atoms with van der Waals surface area (Å²) in [4.78, 5) is 10.6. The smallest absolute Gasteiger partial charge is 0.335 e. The number of hydrogen-bond donors (Lipinski definition) is 1. The summed E-state index contributed by atoms with van der Waals surface area (Å²) in [5, 5.41) is 8.67. The third-order valence-corrected chi connectivity index (χ3v) is 1.72. The van der Waals surface area contributed by atoms with Crippen LogP contribution in [0.4, 0.5) is 0 Å². The van der Waals surface area contributed by atoms with Gasteiger partial charge in [0.05, 0.1) is 5.56 Å². The van der Waals surface area contributed by atoms with E-state index in [-0.39, 0.29) is 0 Å². The molecule has 0 aliphatic heterocycles. The quantitative estimate of drug-likeness (QED) is 0.726. The van der Waals surface area contributed by atoms with Gasteiger partial charge in [-0.25, -0.2) is 4.79 Å². The van der Waals surface area contributed by atoms with Gasteiger partial charge in [0.25, 0.3) is 0 Å². The van der Waals surface area contributed by atoms with E-state index in [1.54, 1.807) is 6.07 Å². The van der Waals surface area contributed by atoms with Crippen molar-refractivity contribution in [3.8, 4) is 0 Å². The minimum atomic E-state index is -0.895. The molecule has 0 aliphatic rings. The lowest BCUT2D eigenvalue weighted by Gasteiger charge is -2.04. The number of carbonyl (C=O) groups is 1. The lowest BCUT2D eigenvalue weighted by Crippen LogP contribution is -1.97. The highest BCUT2D eigenvalue weighted by molar-refractivity contribution is 5.87. The third-order valence-electron chi connectivity index (χ3n) is 1.72. The van der Waals surface area contributed by atoms with E-state index in [0.29, 0.717) is 11.5 Å². The van der Waals surface area contributed by atoms with Gasteiger partial charge in [0.2, 0.25) is 0 Å². The second kappa shape index (κ2) is 3.39. The second-order valence-electron chi connectivity index (χ2n) is 3.01. The molecule has 0 fully saturated rings. The van der Waals surface area contributed by atoms with Crippen LogP contribution >= 0.6 is 0 Å². The fraction of sp³-hybridized carbons (Fsp3) is 0.300. The third kappa shape index (κ3) is 1.84. The van der Waals surface area contributed by atoms with Crippen LogP contribution in [0.1, 0.15) is 35.7 Å². The van der Waals surface area contributed by atoms with Gasteiger partial charge in [-0.05, 0) is 29.7 Å². The van der Waals surface area contributed by atoms with Crippen molar-refractivity contribution in [3.05, 3.63) is 35.4 Å². The van der Waals surface area contributed by atoms with Crippen LogP contribution in [-0.4, -0.2) is 11.1 Å². The fourth-order valence-corrected chi connectivity index (χ4v) is 0.947. The molecule has 0 amide bonds. The zero-order chi connectivity index (χ0) is 9.14. The molecule has 2 heteroatoms. The van der Waals surface area contributed by atoms with Gasteiger partial charge >= 0.3 is 5.97 Å². The molecule has 0 aromatic heterocycles. The molecular formula is C10H11O2. The van der Waals surface area contributed by atoms with Crippen LogP contribution in [0.2, 0.25) is 0 Å². The molecule has 1 aromatic carbocycles. The molecule has 1 N–H and O–H groups in total. The van der Waals surface area contributed by atoms with Gasteiger partial charge in [0.1, 0.15) is 0 Å². The molecule has 0 heterocycles. The second-order valence-corrected chi connectivity index (χ2v) is 3.01. The first-order chi connectivity index (χ1) is 5.61. The molecule has 0 unspecified atom stereocenters. The molecule has 0 atom stereocenters. The predicted octanol–water partition coefficient (Wildman–Crippen LogP) is 2.31. The normalized spacial score (nSPS) is 10.2. The first-order valence-electron chi connectivity index (χ1n) is 3.85. The molecule has 0 saturated carbocycles. The van der Waals surface area contributed by atoms with E-state index in [1.807, 2.05) is 19.9 Å². The number of hydrogen-bond acceptors (Lipinski definition) is 1. The number of carboxylic acid groups (broad SMARTS) is 1. The van der Waals surface area contributed by atoms with Crippen LogP contribution in [0.15, 0.2) is 18.2 Å². The Labute approximate surface area is 71.8 Å². The monoisotopic (exact) mass is 163 g/mol. The Morgan fingerprint density at radius 2 is 2.17 bits per heavy atom. The van der Waals surface area contributed by atoms with Gasteiger partial charge in [0, 0.05) is 0 Å². The zero-order valence-corrected chi connectivity index (χ0v) is 7.16. The van der Waals surface area contributed by atoms with Crippen molar-refractivity contribution in [2.45, 2.75) is 19.8 Å². The number of aromatic carboxylic acids is 1. The SMILES string of the molecule is CC(C)c1c[c]cc(C(=O)O)c1. The van der Waals surface area contributed by atoms with E-state index in [2.05, 4.69) is 6.07 Å². The Hall–Kier alpha value is -1.31. The molecule has 63 valence electrons. The van der Waals surface area contributed by atoms with Crippen molar-refractivity contribution in [2.24, 2.45) is 0 Å². The van der Waals surface area contributed by atoms with Gasteiger partial charge in [0.15, 0.2) is 0 Å². The average Bonchev–Trinajstić information content (AvgIpc) is 2.04. The number of carboxylic acids is 1. The topological polar surface area (TPSA) is 37.3 Å². The highest BCUT2D eigenvalue weighted by atomic mass is 16.4. The molecule has 0 saturated heterocycles. The predicted molar refractivity (Wildman–Crippen MR) is 46.3 cm³/mol. The number of rotatable bonds is 2. The van der Waals surface area contributed by atoms with E-state index < -0.39 is 5.97 Å². The molecular weight excluding hydrogens is 152 g/mol. The Morgan fingerprint density at radius 1 is 1.50 bits per heavy atom. The van der Waals surface area contributed by atoms with Crippen molar-refractivity contribution in [1.82, 2.24) is 0 Å². The Morgan fingerprint density at radius 3 is 2.67 bits per heavy atom. The van der Waals surface area contributed by atoms with Crippen molar-refractivity contribution in [2.75, 3.05) is 0 Å². The van der Waals surface area contributed by atoms with Gasteiger partial charge in [-0.15, -0.1) is 0 Å². The average molecular weight is 163 g/mol. The first-order valence-corrected chi connectivity index (χ1v) is 3.85. The summed E-state index contributed by atoms with van der Waals surface area (Å²) in [6.45, 7) is 4.05. The Balaban J connectivity index is 3.04. The minimum Gasteiger partial charge on any atom is -0.478 e. The standard InChI is InChI=1S/C10H11O2/c1-7(2)8-4-3-5-9(6-8)10(11)12/h4-7H,1-2H3,(H,11,12). The van der Waals surface area contributed by atoms with Crippen LogP contribution < -0.4 is 0 Å². The van der Waals surface area contributed by atoms with E-state index in [9.17, 15) is 4.79 Å². The molecule has 1 aromatic rings. The van der Waals surface area contributed by atoms with E-state index >= 15 is 0 Å². The largest absolute Gasteiger partial charge is 0.478 e. The summed E-state index contributed by atoms with van der Waals surface area (Å²) in [6, 6.07) is 7.79. The molecule has 2 nitrogen and oxygen atoms in total. The van der Waals surface area contributed by atoms with Crippen molar-refractivity contribution in [1.29, 1.82) is 0 Å². The number of benzene rings is 1. The van der Waals surface area contributed by atoms with Crippen molar-refractivity contribution in [3.63, 3.8) is 0 Å². The highest BCUT2D eigenvalue weighted by Gasteiger charge is 2.04. The summed E-state index contributed by atoms with van der Waals surface area (Å²) >= 11 is 0. The molecule has 0 spiro atoms. The Kier molecular flexibility index (Phi) is 2.48. The lowest BCUT2D eigenvalue weighted by atomic mass is 10.0. The first kappa shape index (κ1) is 8.78. The molecule has 0 aliphatic carbocycles. The van der Waals surface area contributed by atoms with Crippen LogP contribution in [0.25, 0.3) is 0 Å². The zero-order valence-electron chi connectivity index (χ0n) is 7.16. The highest BCUT2D eigenvalue weighted by Crippen LogP contribution is 2.14. The summed E-state index contributed by atoms with van der Waals surface area (Å²) in [7, 11) is 0. The van der Waals surface area contributed by atoms with Crippen LogP contribution in [0, 0.1) is 6.07 Å². The van der Waals surface area contributed by atoms with Crippen LogP contribution in [-0.2, 0) is 0 Å². The molecule has 0 bridgehead atoms. The molecule has 1 rings (SSSR count). The maximum atomic E-state index is 10.6. The maximum absolute atomic E-state index is 10.6. The van der Waals surface area contributed by atoms with E-state index in [4.69, 9.17) is 5.11 Å². The van der Waals surface area contributed by atoms with Crippen LogP contribution in [0.5, 0.6) is 0 Å². The summed E-state index contributed by atoms with van der Waals surface area (Å²) < 4.78 is 0. The van der Waals surface area contributed by atoms with Gasteiger partial charge in [-0.2, -0.15) is 0 Å². The summed E-state index contributed by atoms with van der Waals surface area (Å²) in [6.07, 6.45) is 0.